The number of nitrogens with one attached hydrogen (secondary N) is 1. The molecule has 1 aromatic rings. The molecule has 16 heavy (non-hydrogen) atoms. The average Bonchev–Trinajstić information content (AvgIpc) is 2.16. The van der Waals surface area contributed by atoms with Gasteiger partial charge in [-0.25, -0.2) is 0 Å². The summed E-state index contributed by atoms with van der Waals surface area (Å²) in [6.45, 7) is 3.79. The fourth-order valence-electron chi connectivity index (χ4n) is 1.61. The van der Waals surface area contributed by atoms with E-state index in [0.717, 1.165) is 11.1 Å². The maximum atomic E-state index is 11.9. The second-order valence-electron chi connectivity index (χ2n) is 3.90. The molecule has 0 fully saturated rings. The van der Waals surface area contributed by atoms with Crippen LogP contribution in [0.3, 0.4) is 0 Å². The van der Waals surface area contributed by atoms with E-state index in [1.807, 2.05) is 38.1 Å². The van der Waals surface area contributed by atoms with Crippen LogP contribution < -0.4 is 5.32 Å². The summed E-state index contributed by atoms with van der Waals surface area (Å²) in [7, 11) is 0. The lowest BCUT2D eigenvalue weighted by atomic mass is 10.0. The predicted octanol–water partition coefficient (Wildman–Crippen LogP) is 3.60. The van der Waals surface area contributed by atoms with Gasteiger partial charge in [0.15, 0.2) is 0 Å². The molecule has 0 bridgehead atoms. The first kappa shape index (κ1) is 13.0. The zero-order valence-electron chi connectivity index (χ0n) is 9.43. The van der Waals surface area contributed by atoms with E-state index in [-0.39, 0.29) is 12.6 Å². The molecular formula is C12H16F3N. The summed E-state index contributed by atoms with van der Waals surface area (Å²) in [5.74, 6) is 0. The molecule has 1 nitrogen and oxygen atoms in total. The van der Waals surface area contributed by atoms with Crippen molar-refractivity contribution in [2.24, 2.45) is 0 Å². The minimum Gasteiger partial charge on any atom is -0.310 e. The number of hydrogen-bond acceptors (Lipinski definition) is 1. The van der Waals surface area contributed by atoms with Crippen molar-refractivity contribution in [3.05, 3.63) is 35.4 Å². The van der Waals surface area contributed by atoms with Crippen molar-refractivity contribution in [2.45, 2.75) is 32.5 Å². The molecule has 0 aliphatic heterocycles. The fraction of sp³-hybridized carbons (Fsp3) is 0.500. The molecule has 1 atom stereocenters. The van der Waals surface area contributed by atoms with Gasteiger partial charge in [-0.15, -0.1) is 0 Å². The lowest BCUT2D eigenvalue weighted by Gasteiger charge is -2.17. The van der Waals surface area contributed by atoms with Crippen LogP contribution in [0.15, 0.2) is 24.3 Å². The van der Waals surface area contributed by atoms with E-state index < -0.39 is 12.6 Å². The van der Waals surface area contributed by atoms with Crippen LogP contribution in [0.5, 0.6) is 0 Å². The van der Waals surface area contributed by atoms with Crippen LogP contribution in [0.4, 0.5) is 13.2 Å². The molecule has 0 aromatic heterocycles. The lowest BCUT2D eigenvalue weighted by molar-refractivity contribution is -0.133. The lowest BCUT2D eigenvalue weighted by Crippen LogP contribution is -2.24. The molecule has 0 aliphatic carbocycles. The average molecular weight is 231 g/mol. The van der Waals surface area contributed by atoms with Crippen LogP contribution in [-0.4, -0.2) is 12.7 Å². The minimum absolute atomic E-state index is 0.0427. The van der Waals surface area contributed by atoms with Crippen molar-refractivity contribution >= 4 is 0 Å². The van der Waals surface area contributed by atoms with Crippen LogP contribution in [0, 0.1) is 6.92 Å². The SMILES string of the molecule is Cc1ccccc1[C@@H](C)NCCC(F)(F)F. The number of alkyl halides is 3. The topological polar surface area (TPSA) is 12.0 Å². The normalized spacial score (nSPS) is 13.8. The molecular weight excluding hydrogens is 215 g/mol. The molecule has 0 radical (unpaired) electrons. The van der Waals surface area contributed by atoms with E-state index in [4.69, 9.17) is 0 Å². The Bertz CT molecular complexity index is 333. The molecule has 0 saturated carbocycles. The van der Waals surface area contributed by atoms with E-state index in [1.54, 1.807) is 0 Å². The number of hydrogen-bond donors (Lipinski definition) is 1. The van der Waals surface area contributed by atoms with E-state index in [0.29, 0.717) is 0 Å². The summed E-state index contributed by atoms with van der Waals surface area (Å²) in [5, 5.41) is 2.88. The van der Waals surface area contributed by atoms with Crippen molar-refractivity contribution in [3.8, 4) is 0 Å². The first-order chi connectivity index (χ1) is 7.40. The maximum absolute atomic E-state index is 11.9. The monoisotopic (exact) mass is 231 g/mol. The second-order valence-corrected chi connectivity index (χ2v) is 3.90. The first-order valence-corrected chi connectivity index (χ1v) is 5.26. The Morgan fingerprint density at radius 1 is 1.25 bits per heavy atom. The summed E-state index contributed by atoms with van der Waals surface area (Å²) >= 11 is 0. The van der Waals surface area contributed by atoms with Crippen LogP contribution in [0.2, 0.25) is 0 Å². The Balaban J connectivity index is 2.47. The van der Waals surface area contributed by atoms with E-state index in [2.05, 4.69) is 5.32 Å². The van der Waals surface area contributed by atoms with Crippen LogP contribution in [0.25, 0.3) is 0 Å². The smallest absolute Gasteiger partial charge is 0.310 e. The number of rotatable bonds is 4. The molecule has 1 rings (SSSR count). The molecule has 0 unspecified atom stereocenters. The Morgan fingerprint density at radius 2 is 1.88 bits per heavy atom. The highest BCUT2D eigenvalue weighted by Gasteiger charge is 2.26. The van der Waals surface area contributed by atoms with Crippen LogP contribution in [-0.2, 0) is 0 Å². The van der Waals surface area contributed by atoms with Crippen molar-refractivity contribution in [2.75, 3.05) is 6.54 Å². The summed E-state index contributed by atoms with van der Waals surface area (Å²) in [4.78, 5) is 0. The minimum atomic E-state index is -4.08. The number of benzene rings is 1. The summed E-state index contributed by atoms with van der Waals surface area (Å²) in [6, 6.07) is 7.65. The van der Waals surface area contributed by atoms with E-state index in [1.165, 1.54) is 0 Å². The third-order valence-corrected chi connectivity index (χ3v) is 2.51. The van der Waals surface area contributed by atoms with Gasteiger partial charge in [-0.1, -0.05) is 24.3 Å². The summed E-state index contributed by atoms with van der Waals surface area (Å²) in [5.41, 5.74) is 2.14. The Kier molecular flexibility index (Phi) is 4.35. The third-order valence-electron chi connectivity index (χ3n) is 2.51. The molecule has 1 N–H and O–H groups in total. The summed E-state index contributed by atoms with van der Waals surface area (Å²) in [6.07, 6.45) is -4.87. The highest BCUT2D eigenvalue weighted by Crippen LogP contribution is 2.20. The molecule has 0 saturated heterocycles. The standard InChI is InChI=1S/C12H16F3N/c1-9-5-3-4-6-11(9)10(2)16-8-7-12(13,14)15/h3-6,10,16H,7-8H2,1-2H3/t10-/m1/s1. The molecule has 0 aliphatic rings. The highest BCUT2D eigenvalue weighted by molar-refractivity contribution is 5.28. The molecule has 1 aromatic carbocycles. The van der Waals surface area contributed by atoms with Crippen molar-refractivity contribution in [1.29, 1.82) is 0 Å². The van der Waals surface area contributed by atoms with Gasteiger partial charge >= 0.3 is 6.18 Å². The number of aryl methyl sites for hydroxylation is 1. The fourth-order valence-corrected chi connectivity index (χ4v) is 1.61. The Hall–Kier alpha value is -1.03. The second kappa shape index (κ2) is 5.34. The quantitative estimate of drug-likeness (QED) is 0.834. The van der Waals surface area contributed by atoms with Gasteiger partial charge in [-0.05, 0) is 25.0 Å². The van der Waals surface area contributed by atoms with Gasteiger partial charge in [0.25, 0.3) is 0 Å². The Labute approximate surface area is 93.7 Å². The third kappa shape index (κ3) is 4.23. The highest BCUT2D eigenvalue weighted by atomic mass is 19.4. The Morgan fingerprint density at radius 3 is 2.44 bits per heavy atom. The van der Waals surface area contributed by atoms with Gasteiger partial charge in [-0.2, -0.15) is 13.2 Å². The van der Waals surface area contributed by atoms with Gasteiger partial charge in [0, 0.05) is 12.6 Å². The predicted molar refractivity (Wildman–Crippen MR) is 58.3 cm³/mol. The maximum Gasteiger partial charge on any atom is 0.390 e. The van der Waals surface area contributed by atoms with Gasteiger partial charge < -0.3 is 5.32 Å². The van der Waals surface area contributed by atoms with Gasteiger partial charge in [0.1, 0.15) is 0 Å². The zero-order valence-corrected chi connectivity index (χ0v) is 9.43. The van der Waals surface area contributed by atoms with Crippen molar-refractivity contribution < 1.29 is 13.2 Å². The molecule has 0 heterocycles. The van der Waals surface area contributed by atoms with E-state index in [9.17, 15) is 13.2 Å². The largest absolute Gasteiger partial charge is 0.390 e. The number of halogens is 3. The van der Waals surface area contributed by atoms with Crippen LogP contribution in [0.1, 0.15) is 30.5 Å². The molecule has 0 amide bonds. The molecule has 90 valence electrons. The molecule has 0 spiro atoms. The molecule has 4 heteroatoms. The first-order valence-electron chi connectivity index (χ1n) is 5.26. The van der Waals surface area contributed by atoms with Crippen LogP contribution >= 0.6 is 0 Å². The zero-order chi connectivity index (χ0) is 12.2. The van der Waals surface area contributed by atoms with Gasteiger partial charge in [0.2, 0.25) is 0 Å². The van der Waals surface area contributed by atoms with Gasteiger partial charge in [-0.3, -0.25) is 0 Å². The van der Waals surface area contributed by atoms with E-state index >= 15 is 0 Å². The summed E-state index contributed by atoms with van der Waals surface area (Å²) < 4.78 is 35.8. The van der Waals surface area contributed by atoms with Crippen molar-refractivity contribution in [3.63, 3.8) is 0 Å². The van der Waals surface area contributed by atoms with Crippen molar-refractivity contribution in [1.82, 2.24) is 5.32 Å². The van der Waals surface area contributed by atoms with Gasteiger partial charge in [0.05, 0.1) is 6.42 Å².